The number of hydrogen-bond donors (Lipinski definition) is 2. The molecule has 0 atom stereocenters. The Morgan fingerprint density at radius 3 is 2.70 bits per heavy atom. The first kappa shape index (κ1) is 26.4. The number of aromatic nitrogens is 2. The van der Waals surface area contributed by atoms with E-state index in [1.54, 1.807) is 7.11 Å². The van der Waals surface area contributed by atoms with Gasteiger partial charge < -0.3 is 25.5 Å². The molecule has 0 bridgehead atoms. The molecule has 2 N–H and O–H groups in total. The van der Waals surface area contributed by atoms with Gasteiger partial charge in [-0.1, -0.05) is 24.8 Å². The maximum atomic E-state index is 11.0. The number of hydrogen-bond acceptors (Lipinski definition) is 7. The largest absolute Gasteiger partial charge is 1.00 e. The van der Waals surface area contributed by atoms with Crippen LogP contribution in [0.2, 0.25) is 0 Å². The van der Waals surface area contributed by atoms with Gasteiger partial charge in [-0.05, 0) is 37.1 Å². The molecule has 33 heavy (non-hydrogen) atoms. The molecule has 1 amide bonds. The summed E-state index contributed by atoms with van der Waals surface area (Å²) in [6, 6.07) is 11.2. The molecule has 3 rings (SSSR count). The Kier molecular flexibility index (Phi) is 10.9. The van der Waals surface area contributed by atoms with Gasteiger partial charge in [0.1, 0.15) is 12.1 Å². The maximum Gasteiger partial charge on any atom is 1.00 e. The van der Waals surface area contributed by atoms with Crippen LogP contribution in [0.5, 0.6) is 11.5 Å². The first-order valence-electron chi connectivity index (χ1n) is 10.3. The van der Waals surface area contributed by atoms with Crippen molar-refractivity contribution in [1.29, 1.82) is 0 Å². The van der Waals surface area contributed by atoms with Crippen LogP contribution in [0, 0.1) is 17.6 Å². The average Bonchev–Trinajstić information content (AvgIpc) is 2.83. The molecule has 1 aromatic heterocycles. The van der Waals surface area contributed by atoms with Gasteiger partial charge in [-0.15, -0.1) is 6.42 Å². The van der Waals surface area contributed by atoms with Crippen molar-refractivity contribution >= 4 is 28.3 Å². The Labute approximate surface area is 215 Å². The van der Waals surface area contributed by atoms with Crippen LogP contribution in [-0.4, -0.2) is 29.6 Å². The van der Waals surface area contributed by atoms with Gasteiger partial charge in [0.2, 0.25) is 5.91 Å². The minimum atomic E-state index is -0.472. The number of carbonyl (C=O) groups excluding carboxylic acids is 1. The second-order valence-corrected chi connectivity index (χ2v) is 7.13. The van der Waals surface area contributed by atoms with Crippen LogP contribution in [0.3, 0.4) is 0 Å². The third-order valence-corrected chi connectivity index (χ3v) is 4.88. The summed E-state index contributed by atoms with van der Waals surface area (Å²) in [5.74, 6) is 3.97. The van der Waals surface area contributed by atoms with Crippen LogP contribution in [0.15, 0.2) is 42.7 Å². The van der Waals surface area contributed by atoms with Crippen LogP contribution < -0.4 is 49.8 Å². The quantitative estimate of drug-likeness (QED) is 0.194. The number of carbonyl (C=O) groups is 1. The monoisotopic (exact) mass is 456 g/mol. The van der Waals surface area contributed by atoms with E-state index in [4.69, 9.17) is 15.9 Å². The van der Waals surface area contributed by atoms with Crippen LogP contribution in [0.1, 0.15) is 37.7 Å². The molecule has 0 radical (unpaired) electrons. The molecule has 0 aliphatic carbocycles. The molecular formula is C24H25N4NaO4. The standard InChI is InChI=1S/C24H25N4O4.Na/c1-3-17-9-8-10-18(13-17)27-24-19-14-22(21(31-2)15-20(19)25-16-26-24)32-12-7-5-4-6-11-23(29)28-30;/h1,8-10,13-16H,4-7,11-12H2,2H3,(H2-,25,26,27,28,29,30);/q-1;+1. The second kappa shape index (κ2) is 13.7. The molecule has 0 unspecified atom stereocenters. The van der Waals surface area contributed by atoms with Crippen molar-refractivity contribution in [2.24, 2.45) is 0 Å². The number of terminal acetylenes is 1. The topological polar surface area (TPSA) is 108 Å². The van der Waals surface area contributed by atoms with Crippen LogP contribution in [0.4, 0.5) is 11.5 Å². The fraction of sp³-hybridized carbons (Fsp3) is 0.292. The number of fused-ring (bicyclic) bond motifs is 1. The van der Waals surface area contributed by atoms with Crippen molar-refractivity contribution in [1.82, 2.24) is 15.4 Å². The van der Waals surface area contributed by atoms with E-state index in [-0.39, 0.29) is 36.0 Å². The van der Waals surface area contributed by atoms with Crippen molar-refractivity contribution in [3.05, 3.63) is 53.5 Å². The summed E-state index contributed by atoms with van der Waals surface area (Å²) in [5, 5.41) is 14.3. The maximum absolute atomic E-state index is 11.0. The number of hydroxylamine groups is 1. The molecule has 0 saturated heterocycles. The Balaban J connectivity index is 0.00000385. The van der Waals surface area contributed by atoms with E-state index >= 15 is 0 Å². The van der Waals surface area contributed by atoms with Crippen LogP contribution in [0.25, 0.3) is 10.9 Å². The van der Waals surface area contributed by atoms with Gasteiger partial charge in [0.05, 0.1) is 19.2 Å². The fourth-order valence-electron chi connectivity index (χ4n) is 3.23. The SMILES string of the molecule is C#Cc1cccc(Nc2ncnc3cc(OC)c(OCCCCCCC(=O)N[O-])cc23)c1.[Na+]. The molecule has 166 valence electrons. The zero-order valence-corrected chi connectivity index (χ0v) is 20.9. The number of amides is 1. The van der Waals surface area contributed by atoms with E-state index < -0.39 is 5.91 Å². The summed E-state index contributed by atoms with van der Waals surface area (Å²) < 4.78 is 11.4. The third kappa shape index (κ3) is 7.62. The first-order chi connectivity index (χ1) is 15.6. The molecule has 8 nitrogen and oxygen atoms in total. The normalized spacial score (nSPS) is 10.1. The molecule has 0 aliphatic heterocycles. The molecule has 9 heteroatoms. The van der Waals surface area contributed by atoms with Gasteiger partial charge in [-0.2, -0.15) is 0 Å². The summed E-state index contributed by atoms with van der Waals surface area (Å²) in [7, 11) is 1.58. The fourth-order valence-corrected chi connectivity index (χ4v) is 3.23. The number of ether oxygens (including phenoxy) is 2. The van der Waals surface area contributed by atoms with Crippen molar-refractivity contribution in [3.63, 3.8) is 0 Å². The predicted molar refractivity (Wildman–Crippen MR) is 124 cm³/mol. The van der Waals surface area contributed by atoms with Gasteiger partial charge in [-0.25, -0.2) is 9.97 Å². The Morgan fingerprint density at radius 1 is 1.12 bits per heavy atom. The molecule has 0 fully saturated rings. The van der Waals surface area contributed by atoms with E-state index in [0.29, 0.717) is 30.3 Å². The van der Waals surface area contributed by atoms with E-state index in [1.807, 2.05) is 36.4 Å². The molecule has 0 aliphatic rings. The molecule has 2 aromatic carbocycles. The molecule has 1 heterocycles. The Bertz CT molecular complexity index is 1120. The van der Waals surface area contributed by atoms with Crippen LogP contribution >= 0.6 is 0 Å². The summed E-state index contributed by atoms with van der Waals surface area (Å²) in [4.78, 5) is 19.7. The summed E-state index contributed by atoms with van der Waals surface area (Å²) in [6.07, 6.45) is 10.5. The zero-order chi connectivity index (χ0) is 22.8. The van der Waals surface area contributed by atoms with Crippen LogP contribution in [-0.2, 0) is 4.79 Å². The van der Waals surface area contributed by atoms with Crippen molar-refractivity contribution in [3.8, 4) is 23.8 Å². The Morgan fingerprint density at radius 2 is 1.94 bits per heavy atom. The van der Waals surface area contributed by atoms with Gasteiger partial charge >= 0.3 is 29.6 Å². The molecular weight excluding hydrogens is 431 g/mol. The van der Waals surface area contributed by atoms with E-state index in [2.05, 4.69) is 21.2 Å². The number of anilines is 2. The smallest absolute Gasteiger partial charge is 0.759 e. The second-order valence-electron chi connectivity index (χ2n) is 7.13. The van der Waals surface area contributed by atoms with Crippen molar-refractivity contribution in [2.75, 3.05) is 19.0 Å². The molecule has 0 saturated carbocycles. The molecule has 3 aromatic rings. The summed E-state index contributed by atoms with van der Waals surface area (Å²) in [5.41, 5.74) is 3.70. The van der Waals surface area contributed by atoms with Crippen molar-refractivity contribution < 1.29 is 43.8 Å². The van der Waals surface area contributed by atoms with E-state index in [1.165, 1.54) is 11.8 Å². The van der Waals surface area contributed by atoms with Crippen molar-refractivity contribution in [2.45, 2.75) is 32.1 Å². The van der Waals surface area contributed by atoms with Gasteiger partial charge in [-0.3, -0.25) is 4.79 Å². The summed E-state index contributed by atoms with van der Waals surface area (Å²) in [6.45, 7) is 0.496. The van der Waals surface area contributed by atoms with Gasteiger partial charge in [0.25, 0.3) is 0 Å². The minimum Gasteiger partial charge on any atom is -0.759 e. The first-order valence-corrected chi connectivity index (χ1v) is 10.3. The third-order valence-electron chi connectivity index (χ3n) is 4.88. The average molecular weight is 456 g/mol. The zero-order valence-electron chi connectivity index (χ0n) is 18.9. The number of rotatable bonds is 11. The molecule has 0 spiro atoms. The van der Waals surface area contributed by atoms with Gasteiger partial charge in [0.15, 0.2) is 11.5 Å². The number of nitrogens with one attached hydrogen (secondary N) is 2. The Hall–Kier alpha value is -2.83. The van der Waals surface area contributed by atoms with Gasteiger partial charge in [0, 0.05) is 29.1 Å². The number of unbranched alkanes of at least 4 members (excludes halogenated alkanes) is 3. The van der Waals surface area contributed by atoms with E-state index in [9.17, 15) is 10.0 Å². The number of benzene rings is 2. The van der Waals surface area contributed by atoms with E-state index in [0.717, 1.165) is 41.4 Å². The number of nitrogens with zero attached hydrogens (tertiary/aromatic N) is 2. The minimum absolute atomic E-state index is 0. The predicted octanol–water partition coefficient (Wildman–Crippen LogP) is 1.31. The summed E-state index contributed by atoms with van der Waals surface area (Å²) >= 11 is 0. The number of methoxy groups -OCH3 is 1.